The average Bonchev–Trinajstić information content (AvgIpc) is 3.40. The molecule has 8 nitrogen and oxygen atoms in total. The number of benzene rings is 2. The quantitative estimate of drug-likeness (QED) is 0.410. The first-order chi connectivity index (χ1) is 17.9. The molecule has 1 aromatic heterocycles. The lowest BCUT2D eigenvalue weighted by Gasteiger charge is -2.36. The number of carbonyl (C=O) groups is 3. The molecule has 2 aromatic carbocycles. The minimum atomic E-state index is -0.880. The fraction of sp³-hybridized carbons (Fsp3) is 0.414. The summed E-state index contributed by atoms with van der Waals surface area (Å²) in [6.45, 7) is 5.36. The fourth-order valence-corrected chi connectivity index (χ4v) is 4.91. The molecule has 0 aliphatic carbocycles. The summed E-state index contributed by atoms with van der Waals surface area (Å²) in [5.74, 6) is -0.591. The van der Waals surface area contributed by atoms with Crippen LogP contribution in [-0.2, 0) is 27.2 Å². The van der Waals surface area contributed by atoms with Crippen molar-refractivity contribution in [1.82, 2.24) is 20.2 Å². The van der Waals surface area contributed by atoms with E-state index in [9.17, 15) is 14.4 Å². The number of nitrogens with one attached hydrogen (secondary N) is 1. The number of hydrazine groups is 1. The van der Waals surface area contributed by atoms with E-state index >= 15 is 0 Å². The SMILES string of the molecule is CNN(C)C(=O)[C@@H](Cc1cccs1)N(C)C(=O)[C@@H](Cc1ccc2ccccc2c1)N(C)C(=O)OC(C)(C)C. The topological polar surface area (TPSA) is 82.2 Å². The van der Waals surface area contributed by atoms with Crippen molar-refractivity contribution in [1.29, 1.82) is 0 Å². The molecule has 1 N–H and O–H groups in total. The van der Waals surface area contributed by atoms with Crippen molar-refractivity contribution in [2.24, 2.45) is 0 Å². The predicted molar refractivity (Wildman–Crippen MR) is 152 cm³/mol. The number of amides is 3. The molecule has 0 unspecified atom stereocenters. The summed E-state index contributed by atoms with van der Waals surface area (Å²) in [5.41, 5.74) is 3.02. The number of hydrogen-bond donors (Lipinski definition) is 1. The van der Waals surface area contributed by atoms with Gasteiger partial charge in [-0.15, -0.1) is 11.3 Å². The van der Waals surface area contributed by atoms with Gasteiger partial charge in [-0.05, 0) is 48.6 Å². The molecule has 3 rings (SSSR count). The van der Waals surface area contributed by atoms with Gasteiger partial charge in [0.1, 0.15) is 17.7 Å². The van der Waals surface area contributed by atoms with Crippen molar-refractivity contribution in [3.63, 3.8) is 0 Å². The Morgan fingerprint density at radius 1 is 0.868 bits per heavy atom. The zero-order valence-electron chi connectivity index (χ0n) is 23.2. The third kappa shape index (κ3) is 7.33. The maximum Gasteiger partial charge on any atom is 0.410 e. The van der Waals surface area contributed by atoms with Crippen LogP contribution in [0.25, 0.3) is 10.8 Å². The summed E-state index contributed by atoms with van der Waals surface area (Å²) in [6, 6.07) is 16.2. The monoisotopic (exact) mass is 538 g/mol. The van der Waals surface area contributed by atoms with Crippen molar-refractivity contribution in [2.45, 2.75) is 51.3 Å². The van der Waals surface area contributed by atoms with Gasteiger partial charge in [0.2, 0.25) is 5.91 Å². The Balaban J connectivity index is 1.97. The largest absolute Gasteiger partial charge is 0.444 e. The van der Waals surface area contributed by atoms with Gasteiger partial charge in [-0.25, -0.2) is 10.2 Å². The Kier molecular flexibility index (Phi) is 9.51. The number of rotatable bonds is 9. The molecule has 0 fully saturated rings. The number of fused-ring (bicyclic) bond motifs is 1. The van der Waals surface area contributed by atoms with Crippen molar-refractivity contribution in [3.05, 3.63) is 70.4 Å². The number of thiophene rings is 1. The van der Waals surface area contributed by atoms with Gasteiger partial charge in [-0.3, -0.25) is 19.5 Å². The Hall–Kier alpha value is -3.43. The summed E-state index contributed by atoms with van der Waals surface area (Å²) in [6.07, 6.45) is 0.0355. The van der Waals surface area contributed by atoms with Crippen LogP contribution in [0.3, 0.4) is 0 Å². The van der Waals surface area contributed by atoms with Crippen molar-refractivity contribution in [2.75, 3.05) is 28.2 Å². The molecule has 0 radical (unpaired) electrons. The van der Waals surface area contributed by atoms with Crippen molar-refractivity contribution in [3.8, 4) is 0 Å². The van der Waals surface area contributed by atoms with Gasteiger partial charge in [0.05, 0.1) is 0 Å². The summed E-state index contributed by atoms with van der Waals surface area (Å²) >= 11 is 1.53. The van der Waals surface area contributed by atoms with Crippen molar-refractivity contribution < 1.29 is 19.1 Å². The minimum absolute atomic E-state index is 0.249. The molecule has 0 aliphatic rings. The van der Waals surface area contributed by atoms with Crippen molar-refractivity contribution >= 4 is 40.0 Å². The molecule has 38 heavy (non-hydrogen) atoms. The van der Waals surface area contributed by atoms with Crippen LogP contribution in [0.1, 0.15) is 31.2 Å². The van der Waals surface area contributed by atoms with Gasteiger partial charge in [0, 0.05) is 45.9 Å². The highest BCUT2D eigenvalue weighted by molar-refractivity contribution is 7.09. The van der Waals surface area contributed by atoms with E-state index in [1.54, 1.807) is 49.0 Å². The number of likely N-dealkylation sites (N-methyl/N-ethyl adjacent to an activating group) is 3. The number of carbonyl (C=O) groups excluding carboxylic acids is 3. The van der Waals surface area contributed by atoms with E-state index in [4.69, 9.17) is 4.74 Å². The Bertz CT molecular complexity index is 1250. The van der Waals surface area contributed by atoms with E-state index < -0.39 is 23.8 Å². The maximum absolute atomic E-state index is 14.1. The lowest BCUT2D eigenvalue weighted by atomic mass is 9.99. The summed E-state index contributed by atoms with van der Waals surface area (Å²) < 4.78 is 5.60. The Labute approximate surface area is 229 Å². The van der Waals surface area contributed by atoms with E-state index in [0.29, 0.717) is 6.42 Å². The standard InChI is InChI=1S/C29H38N4O4S/c1-29(2,3)37-28(36)32(6)24(18-20-14-15-21-11-8-9-12-22(21)17-20)26(34)31(5)25(27(35)33(7)30-4)19-23-13-10-16-38-23/h8-17,24-25,30H,18-19H2,1-7H3/t24-,25-/m1/s1. The molecule has 1 heterocycles. The zero-order chi connectivity index (χ0) is 28.0. The van der Waals surface area contributed by atoms with Crippen LogP contribution in [-0.4, -0.2) is 78.6 Å². The van der Waals surface area contributed by atoms with Crippen LogP contribution >= 0.6 is 11.3 Å². The van der Waals surface area contributed by atoms with Crippen LogP contribution in [0.4, 0.5) is 4.79 Å². The second-order valence-corrected chi connectivity index (χ2v) is 11.4. The van der Waals surface area contributed by atoms with E-state index in [-0.39, 0.29) is 18.2 Å². The van der Waals surface area contributed by atoms with Gasteiger partial charge in [0.15, 0.2) is 0 Å². The van der Waals surface area contributed by atoms with Gasteiger partial charge in [0.25, 0.3) is 5.91 Å². The van der Waals surface area contributed by atoms with Gasteiger partial charge in [-0.2, -0.15) is 0 Å². The maximum atomic E-state index is 14.1. The van der Waals surface area contributed by atoms with Gasteiger partial charge >= 0.3 is 6.09 Å². The Morgan fingerprint density at radius 2 is 1.53 bits per heavy atom. The van der Waals surface area contributed by atoms with Crippen LogP contribution in [0, 0.1) is 0 Å². The molecule has 3 aromatic rings. The van der Waals surface area contributed by atoms with Crippen LogP contribution < -0.4 is 5.43 Å². The first-order valence-electron chi connectivity index (χ1n) is 12.6. The minimum Gasteiger partial charge on any atom is -0.444 e. The molecule has 3 amide bonds. The predicted octanol–water partition coefficient (Wildman–Crippen LogP) is 4.34. The number of hydrogen-bond acceptors (Lipinski definition) is 6. The second-order valence-electron chi connectivity index (χ2n) is 10.4. The van der Waals surface area contributed by atoms with Gasteiger partial charge in [-0.1, -0.05) is 48.5 Å². The third-order valence-corrected chi connectivity index (χ3v) is 7.32. The Morgan fingerprint density at radius 3 is 2.13 bits per heavy atom. The highest BCUT2D eigenvalue weighted by Crippen LogP contribution is 2.22. The normalized spacial score (nSPS) is 13.0. The van der Waals surface area contributed by atoms with E-state index in [1.165, 1.54) is 26.1 Å². The first kappa shape index (κ1) is 29.1. The highest BCUT2D eigenvalue weighted by Gasteiger charge is 2.37. The molecule has 204 valence electrons. The molecule has 2 atom stereocenters. The van der Waals surface area contributed by atoms with Crippen LogP contribution in [0.15, 0.2) is 60.0 Å². The lowest BCUT2D eigenvalue weighted by Crippen LogP contribution is -2.57. The molecule has 0 spiro atoms. The molecular formula is C29H38N4O4S. The number of ether oxygens (including phenoxy) is 1. The smallest absolute Gasteiger partial charge is 0.410 e. The van der Waals surface area contributed by atoms with Crippen LogP contribution in [0.5, 0.6) is 0 Å². The molecular weight excluding hydrogens is 500 g/mol. The summed E-state index contributed by atoms with van der Waals surface area (Å²) in [7, 11) is 6.47. The average molecular weight is 539 g/mol. The second kappa shape index (κ2) is 12.4. The zero-order valence-corrected chi connectivity index (χ0v) is 24.0. The van der Waals surface area contributed by atoms with E-state index in [2.05, 4.69) is 5.43 Å². The molecule has 0 saturated carbocycles. The summed E-state index contributed by atoms with van der Waals surface area (Å²) in [4.78, 5) is 44.3. The van der Waals surface area contributed by atoms with E-state index in [0.717, 1.165) is 21.2 Å². The fourth-order valence-electron chi connectivity index (χ4n) is 4.17. The number of nitrogens with zero attached hydrogens (tertiary/aromatic N) is 3. The van der Waals surface area contributed by atoms with Crippen LogP contribution in [0.2, 0.25) is 0 Å². The summed E-state index contributed by atoms with van der Waals surface area (Å²) in [5, 5.41) is 5.45. The molecule has 0 aliphatic heterocycles. The van der Waals surface area contributed by atoms with E-state index in [1.807, 2.05) is 60.0 Å². The molecule has 0 saturated heterocycles. The first-order valence-corrected chi connectivity index (χ1v) is 13.5. The molecule has 0 bridgehead atoms. The lowest BCUT2D eigenvalue weighted by molar-refractivity contribution is -0.147. The van der Waals surface area contributed by atoms with Gasteiger partial charge < -0.3 is 9.64 Å². The highest BCUT2D eigenvalue weighted by atomic mass is 32.1. The third-order valence-electron chi connectivity index (χ3n) is 6.42. The molecule has 9 heteroatoms.